The molecule has 0 heterocycles. The summed E-state index contributed by atoms with van der Waals surface area (Å²) >= 11 is 0. The zero-order chi connectivity index (χ0) is 24.0. The first-order chi connectivity index (χ1) is 15.4. The van der Waals surface area contributed by atoms with Gasteiger partial charge in [0.25, 0.3) is 0 Å². The number of fused-ring (bicyclic) bond motifs is 2. The number of hydrogen-bond donors (Lipinski definition) is 0. The van der Waals surface area contributed by atoms with Crippen LogP contribution in [0.1, 0.15) is 126 Å². The van der Waals surface area contributed by atoms with Crippen LogP contribution in [0.5, 0.6) is 0 Å². The standard InChI is InChI=1S/C32H57N/c1-22(2)11-10-12-23(3)24-15-17-30(7)26-14-13-25-28(4,5)27(33(8)9)16-18-31(25)21-32(26,31)20-19-29(24,30)6/h22-27H,10-21H2,1-9H3/t23-,24-,25+,26+,27-,29-,30+,31-,32+/m1/s1. The minimum Gasteiger partial charge on any atom is -0.306 e. The van der Waals surface area contributed by atoms with E-state index in [1.165, 1.54) is 64.2 Å². The van der Waals surface area contributed by atoms with Gasteiger partial charge in [-0.1, -0.05) is 67.7 Å². The minimum absolute atomic E-state index is 0.473. The Bertz CT molecular complexity index is 752. The van der Waals surface area contributed by atoms with Crippen LogP contribution in [0.3, 0.4) is 0 Å². The van der Waals surface area contributed by atoms with Crippen molar-refractivity contribution >= 4 is 0 Å². The lowest BCUT2D eigenvalue weighted by atomic mass is 9.41. The normalized spacial score (nSPS) is 51.0. The molecule has 0 amide bonds. The van der Waals surface area contributed by atoms with Crippen molar-refractivity contribution in [1.29, 1.82) is 0 Å². The average Bonchev–Trinajstić information content (AvgIpc) is 3.29. The molecule has 5 fully saturated rings. The Balaban J connectivity index is 1.38. The molecule has 1 nitrogen and oxygen atoms in total. The highest BCUT2D eigenvalue weighted by Crippen LogP contribution is 2.89. The van der Waals surface area contributed by atoms with Crippen molar-refractivity contribution in [3.63, 3.8) is 0 Å². The summed E-state index contributed by atoms with van der Waals surface area (Å²) in [6.45, 7) is 18.3. The lowest BCUT2D eigenvalue weighted by Crippen LogP contribution is -2.59. The SMILES string of the molecule is CC(C)CCC[C@@H](C)[C@H]1CC[C@@]2(C)[C@@H]3CC[C@H]4C(C)(C)[C@H](N(C)C)CC[C@@]45C[C@@]35CC[C@]12C. The highest BCUT2D eigenvalue weighted by Gasteiger charge is 2.82. The highest BCUT2D eigenvalue weighted by atomic mass is 15.1. The number of hydrogen-bond acceptors (Lipinski definition) is 1. The molecule has 190 valence electrons. The van der Waals surface area contributed by atoms with Gasteiger partial charge in [-0.15, -0.1) is 0 Å². The van der Waals surface area contributed by atoms with Crippen molar-refractivity contribution in [2.24, 2.45) is 56.7 Å². The summed E-state index contributed by atoms with van der Waals surface area (Å²) < 4.78 is 0. The van der Waals surface area contributed by atoms with Crippen LogP contribution in [0.15, 0.2) is 0 Å². The fourth-order valence-electron chi connectivity index (χ4n) is 12.3. The Morgan fingerprint density at radius 2 is 1.39 bits per heavy atom. The molecule has 5 saturated carbocycles. The molecule has 0 saturated heterocycles. The third kappa shape index (κ3) is 3.12. The van der Waals surface area contributed by atoms with E-state index >= 15 is 0 Å². The first-order valence-electron chi connectivity index (χ1n) is 15.0. The predicted molar refractivity (Wildman–Crippen MR) is 142 cm³/mol. The van der Waals surface area contributed by atoms with E-state index in [0.717, 1.165) is 35.6 Å². The molecule has 2 spiro atoms. The van der Waals surface area contributed by atoms with Gasteiger partial charge in [0.1, 0.15) is 0 Å². The molecule has 5 rings (SSSR count). The Morgan fingerprint density at radius 3 is 2.06 bits per heavy atom. The largest absolute Gasteiger partial charge is 0.306 e. The summed E-state index contributed by atoms with van der Waals surface area (Å²) in [5.74, 6) is 4.73. The Hall–Kier alpha value is -0.0400. The van der Waals surface area contributed by atoms with Gasteiger partial charge in [0, 0.05) is 6.04 Å². The molecule has 0 aromatic carbocycles. The topological polar surface area (TPSA) is 3.24 Å². The Kier molecular flexibility index (Phi) is 5.77. The maximum Gasteiger partial charge on any atom is 0.0143 e. The second-order valence-electron chi connectivity index (χ2n) is 15.8. The highest BCUT2D eigenvalue weighted by molar-refractivity contribution is 5.30. The van der Waals surface area contributed by atoms with E-state index in [0.29, 0.717) is 27.1 Å². The summed E-state index contributed by atoms with van der Waals surface area (Å²) in [5.41, 5.74) is 3.08. The molecule has 0 aromatic heterocycles. The summed E-state index contributed by atoms with van der Waals surface area (Å²) in [6, 6.07) is 0.773. The number of rotatable bonds is 6. The van der Waals surface area contributed by atoms with Crippen LogP contribution in [-0.2, 0) is 0 Å². The van der Waals surface area contributed by atoms with Crippen LogP contribution in [-0.4, -0.2) is 25.0 Å². The van der Waals surface area contributed by atoms with Gasteiger partial charge in [-0.3, -0.25) is 0 Å². The van der Waals surface area contributed by atoms with Crippen molar-refractivity contribution in [1.82, 2.24) is 4.90 Å². The van der Waals surface area contributed by atoms with Crippen LogP contribution in [0.2, 0.25) is 0 Å². The van der Waals surface area contributed by atoms with E-state index < -0.39 is 0 Å². The van der Waals surface area contributed by atoms with Crippen LogP contribution in [0.25, 0.3) is 0 Å². The van der Waals surface area contributed by atoms with Crippen molar-refractivity contribution in [2.45, 2.75) is 132 Å². The van der Waals surface area contributed by atoms with Crippen LogP contribution < -0.4 is 0 Å². The Morgan fingerprint density at radius 1 is 0.727 bits per heavy atom. The van der Waals surface area contributed by atoms with E-state index in [4.69, 9.17) is 0 Å². The molecule has 0 bridgehead atoms. The minimum atomic E-state index is 0.473. The lowest BCUT2D eigenvalue weighted by Gasteiger charge is -2.64. The average molecular weight is 456 g/mol. The van der Waals surface area contributed by atoms with Gasteiger partial charge in [-0.25, -0.2) is 0 Å². The quantitative estimate of drug-likeness (QED) is 0.386. The van der Waals surface area contributed by atoms with Crippen molar-refractivity contribution in [2.75, 3.05) is 14.1 Å². The van der Waals surface area contributed by atoms with E-state index in [9.17, 15) is 0 Å². The van der Waals surface area contributed by atoms with Crippen molar-refractivity contribution in [3.8, 4) is 0 Å². The zero-order valence-electron chi connectivity index (χ0n) is 23.9. The predicted octanol–water partition coefficient (Wildman–Crippen LogP) is 8.82. The molecule has 5 aliphatic rings. The first-order valence-corrected chi connectivity index (χ1v) is 15.0. The fraction of sp³-hybridized carbons (Fsp3) is 1.00. The summed E-state index contributed by atoms with van der Waals surface area (Å²) in [6.07, 6.45) is 18.1. The first kappa shape index (κ1) is 24.6. The third-order valence-electron chi connectivity index (χ3n) is 13.9. The second kappa shape index (κ2) is 7.73. The number of nitrogens with zero attached hydrogens (tertiary/aromatic N) is 1. The summed E-state index contributed by atoms with van der Waals surface area (Å²) in [5, 5.41) is 0. The molecular weight excluding hydrogens is 398 g/mol. The smallest absolute Gasteiger partial charge is 0.0143 e. The lowest BCUT2D eigenvalue weighted by molar-refractivity contribution is -0.152. The zero-order valence-corrected chi connectivity index (χ0v) is 23.9. The van der Waals surface area contributed by atoms with Gasteiger partial charge >= 0.3 is 0 Å². The molecule has 9 atom stereocenters. The van der Waals surface area contributed by atoms with E-state index in [1.54, 1.807) is 12.8 Å². The molecule has 1 heteroatoms. The molecular formula is C32H57N. The van der Waals surface area contributed by atoms with Crippen molar-refractivity contribution < 1.29 is 0 Å². The van der Waals surface area contributed by atoms with E-state index in [1.807, 2.05) is 0 Å². The molecule has 33 heavy (non-hydrogen) atoms. The van der Waals surface area contributed by atoms with Gasteiger partial charge < -0.3 is 4.90 Å². The van der Waals surface area contributed by atoms with Crippen LogP contribution >= 0.6 is 0 Å². The van der Waals surface area contributed by atoms with Crippen LogP contribution in [0, 0.1) is 56.7 Å². The molecule has 0 aliphatic heterocycles. The third-order valence-corrected chi connectivity index (χ3v) is 13.9. The van der Waals surface area contributed by atoms with Gasteiger partial charge in [0.05, 0.1) is 0 Å². The summed E-state index contributed by atoms with van der Waals surface area (Å²) in [7, 11) is 4.68. The summed E-state index contributed by atoms with van der Waals surface area (Å²) in [4.78, 5) is 2.56. The van der Waals surface area contributed by atoms with Gasteiger partial charge in [0.2, 0.25) is 0 Å². The van der Waals surface area contributed by atoms with E-state index in [-0.39, 0.29) is 0 Å². The maximum atomic E-state index is 2.81. The van der Waals surface area contributed by atoms with E-state index in [2.05, 4.69) is 67.5 Å². The molecule has 0 unspecified atom stereocenters. The second-order valence-corrected chi connectivity index (χ2v) is 15.8. The van der Waals surface area contributed by atoms with Gasteiger partial charge in [-0.2, -0.15) is 0 Å². The van der Waals surface area contributed by atoms with Gasteiger partial charge in [0.15, 0.2) is 0 Å². The molecule has 5 aliphatic carbocycles. The maximum absolute atomic E-state index is 2.81. The fourth-order valence-corrected chi connectivity index (χ4v) is 12.3. The van der Waals surface area contributed by atoms with Crippen molar-refractivity contribution in [3.05, 3.63) is 0 Å². The van der Waals surface area contributed by atoms with Gasteiger partial charge in [-0.05, 0) is 129 Å². The molecule has 0 radical (unpaired) electrons. The molecule has 0 aromatic rings. The molecule has 0 N–H and O–H groups in total. The Labute approximate surface area is 207 Å². The van der Waals surface area contributed by atoms with Crippen LogP contribution in [0.4, 0.5) is 0 Å². The monoisotopic (exact) mass is 455 g/mol.